The summed E-state index contributed by atoms with van der Waals surface area (Å²) in [5, 5.41) is 0. The number of nitrogens with zero attached hydrogens (tertiary/aromatic N) is 1. The zero-order valence-electron chi connectivity index (χ0n) is 8.93. The first kappa shape index (κ1) is 12.1. The van der Waals surface area contributed by atoms with E-state index in [1.807, 2.05) is 6.92 Å². The molecule has 5 nitrogen and oxygen atoms in total. The Labute approximate surface area is 84.9 Å². The second-order valence-corrected chi connectivity index (χ2v) is 5.74. The van der Waals surface area contributed by atoms with E-state index in [4.69, 9.17) is 13.8 Å². The van der Waals surface area contributed by atoms with E-state index < -0.39 is 7.60 Å². The summed E-state index contributed by atoms with van der Waals surface area (Å²) in [4.78, 5) is 2.07. The van der Waals surface area contributed by atoms with Crippen molar-refractivity contribution < 1.29 is 18.3 Å². The van der Waals surface area contributed by atoms with Crippen LogP contribution < -0.4 is 0 Å². The average Bonchev–Trinajstić information content (AvgIpc) is 2.28. The molecule has 1 rings (SSSR count). The number of hydrogen-bond donors (Lipinski definition) is 0. The van der Waals surface area contributed by atoms with E-state index in [1.54, 1.807) is 0 Å². The van der Waals surface area contributed by atoms with Gasteiger partial charge in [0.2, 0.25) is 0 Å². The van der Waals surface area contributed by atoms with Crippen LogP contribution in [0.5, 0.6) is 0 Å². The normalized spacial score (nSPS) is 22.2. The highest BCUT2D eigenvalue weighted by Crippen LogP contribution is 2.52. The first-order chi connectivity index (χ1) is 6.64. The van der Waals surface area contributed by atoms with E-state index in [9.17, 15) is 4.57 Å². The lowest BCUT2D eigenvalue weighted by atomic mass is 10.4. The Morgan fingerprint density at radius 1 is 1.29 bits per heavy atom. The molecule has 0 aromatic carbocycles. The standard InChI is InChI=1S/C8H18NO4P/c1-8(14(10,11-2)12-3)9-4-6-13-7-5-9/h8H,4-7H2,1-3H3. The molecule has 0 aromatic rings. The van der Waals surface area contributed by atoms with E-state index in [-0.39, 0.29) is 5.78 Å². The van der Waals surface area contributed by atoms with Gasteiger partial charge >= 0.3 is 7.60 Å². The van der Waals surface area contributed by atoms with Gasteiger partial charge in [-0.2, -0.15) is 0 Å². The lowest BCUT2D eigenvalue weighted by Crippen LogP contribution is -2.42. The van der Waals surface area contributed by atoms with Gasteiger partial charge in [-0.3, -0.25) is 9.46 Å². The van der Waals surface area contributed by atoms with Gasteiger partial charge in [0.25, 0.3) is 0 Å². The molecular formula is C8H18NO4P. The van der Waals surface area contributed by atoms with Crippen molar-refractivity contribution in [2.24, 2.45) is 0 Å². The van der Waals surface area contributed by atoms with Crippen LogP contribution in [0.25, 0.3) is 0 Å². The van der Waals surface area contributed by atoms with Gasteiger partial charge in [-0.1, -0.05) is 0 Å². The maximum atomic E-state index is 12.0. The van der Waals surface area contributed by atoms with Crippen molar-refractivity contribution in [3.05, 3.63) is 0 Å². The molecule has 0 bridgehead atoms. The molecule has 14 heavy (non-hydrogen) atoms. The Kier molecular flexibility index (Phi) is 4.54. The van der Waals surface area contributed by atoms with Gasteiger partial charge in [0.05, 0.1) is 13.2 Å². The quantitative estimate of drug-likeness (QED) is 0.669. The van der Waals surface area contributed by atoms with E-state index >= 15 is 0 Å². The van der Waals surface area contributed by atoms with Gasteiger partial charge in [0, 0.05) is 27.3 Å². The van der Waals surface area contributed by atoms with E-state index in [2.05, 4.69) is 4.90 Å². The van der Waals surface area contributed by atoms with E-state index in [1.165, 1.54) is 14.2 Å². The molecule has 0 N–H and O–H groups in total. The molecule has 1 unspecified atom stereocenters. The summed E-state index contributed by atoms with van der Waals surface area (Å²) in [6, 6.07) is 0. The summed E-state index contributed by atoms with van der Waals surface area (Å²) >= 11 is 0. The van der Waals surface area contributed by atoms with Crippen LogP contribution in [0, 0.1) is 0 Å². The Morgan fingerprint density at radius 3 is 2.21 bits per heavy atom. The van der Waals surface area contributed by atoms with Gasteiger partial charge in [-0.05, 0) is 6.92 Å². The maximum Gasteiger partial charge on any atom is 0.346 e. The molecule has 0 aromatic heterocycles. The van der Waals surface area contributed by atoms with Crippen LogP contribution in [0.4, 0.5) is 0 Å². The second-order valence-electron chi connectivity index (χ2n) is 3.19. The third-order valence-electron chi connectivity index (χ3n) is 2.54. The largest absolute Gasteiger partial charge is 0.379 e. The van der Waals surface area contributed by atoms with E-state index in [0.29, 0.717) is 13.2 Å². The Bertz CT molecular complexity index is 209. The van der Waals surface area contributed by atoms with Crippen molar-refractivity contribution >= 4 is 7.60 Å². The molecule has 1 heterocycles. The zero-order chi connectivity index (χ0) is 10.6. The lowest BCUT2D eigenvalue weighted by Gasteiger charge is -2.34. The van der Waals surface area contributed by atoms with Crippen LogP contribution in [0.3, 0.4) is 0 Å². The molecular weight excluding hydrogens is 205 g/mol. The molecule has 1 fully saturated rings. The number of ether oxygens (including phenoxy) is 1. The van der Waals surface area contributed by atoms with Gasteiger partial charge < -0.3 is 13.8 Å². The Morgan fingerprint density at radius 2 is 1.79 bits per heavy atom. The van der Waals surface area contributed by atoms with Gasteiger partial charge in [-0.15, -0.1) is 0 Å². The molecule has 84 valence electrons. The van der Waals surface area contributed by atoms with Crippen molar-refractivity contribution in [1.82, 2.24) is 4.90 Å². The highest BCUT2D eigenvalue weighted by Gasteiger charge is 2.35. The summed E-state index contributed by atoms with van der Waals surface area (Å²) in [6.45, 7) is 4.77. The minimum absolute atomic E-state index is 0.207. The highest BCUT2D eigenvalue weighted by molar-refractivity contribution is 7.54. The predicted octanol–water partition coefficient (Wildman–Crippen LogP) is 1.15. The van der Waals surface area contributed by atoms with Crippen molar-refractivity contribution in [2.75, 3.05) is 40.5 Å². The van der Waals surface area contributed by atoms with Crippen molar-refractivity contribution in [3.8, 4) is 0 Å². The minimum Gasteiger partial charge on any atom is -0.379 e. The number of rotatable bonds is 4. The van der Waals surface area contributed by atoms with Crippen LogP contribution in [-0.4, -0.2) is 51.2 Å². The van der Waals surface area contributed by atoms with Gasteiger partial charge in [-0.25, -0.2) is 0 Å². The zero-order valence-corrected chi connectivity index (χ0v) is 9.83. The van der Waals surface area contributed by atoms with Crippen LogP contribution in [0.15, 0.2) is 0 Å². The Hall–Kier alpha value is 0.0700. The molecule has 1 atom stereocenters. The molecule has 0 saturated carbocycles. The van der Waals surface area contributed by atoms with Crippen LogP contribution in [0.1, 0.15) is 6.92 Å². The molecule has 1 aliphatic rings. The topological polar surface area (TPSA) is 48.0 Å². The molecule has 0 aliphatic carbocycles. The molecule has 1 aliphatic heterocycles. The molecule has 0 radical (unpaired) electrons. The van der Waals surface area contributed by atoms with E-state index in [0.717, 1.165) is 13.1 Å². The molecule has 6 heteroatoms. The summed E-state index contributed by atoms with van der Waals surface area (Å²) in [7, 11) is -0.135. The number of morpholine rings is 1. The first-order valence-corrected chi connectivity index (χ1v) is 6.28. The summed E-state index contributed by atoms with van der Waals surface area (Å²) < 4.78 is 27.1. The SMILES string of the molecule is COP(=O)(OC)C(C)N1CCOCC1. The monoisotopic (exact) mass is 223 g/mol. The van der Waals surface area contributed by atoms with Crippen LogP contribution in [-0.2, 0) is 18.3 Å². The lowest BCUT2D eigenvalue weighted by molar-refractivity contribution is 0.0284. The average molecular weight is 223 g/mol. The highest BCUT2D eigenvalue weighted by atomic mass is 31.2. The van der Waals surface area contributed by atoms with Crippen LogP contribution in [0.2, 0.25) is 0 Å². The van der Waals surface area contributed by atoms with Crippen molar-refractivity contribution in [2.45, 2.75) is 12.7 Å². The molecule has 0 amide bonds. The Balaban J connectivity index is 2.61. The third kappa shape index (κ3) is 2.55. The summed E-state index contributed by atoms with van der Waals surface area (Å²) in [5.41, 5.74) is 0. The van der Waals surface area contributed by atoms with Crippen molar-refractivity contribution in [1.29, 1.82) is 0 Å². The van der Waals surface area contributed by atoms with Gasteiger partial charge in [0.1, 0.15) is 5.78 Å². The summed E-state index contributed by atoms with van der Waals surface area (Å²) in [6.07, 6.45) is 0. The maximum absolute atomic E-state index is 12.0. The smallest absolute Gasteiger partial charge is 0.346 e. The predicted molar refractivity (Wildman–Crippen MR) is 53.5 cm³/mol. The fraction of sp³-hybridized carbons (Fsp3) is 1.00. The fourth-order valence-corrected chi connectivity index (χ4v) is 2.92. The first-order valence-electron chi connectivity index (χ1n) is 4.67. The van der Waals surface area contributed by atoms with Gasteiger partial charge in [0.15, 0.2) is 0 Å². The summed E-state index contributed by atoms with van der Waals surface area (Å²) in [5.74, 6) is -0.207. The minimum atomic E-state index is -2.97. The van der Waals surface area contributed by atoms with Crippen molar-refractivity contribution in [3.63, 3.8) is 0 Å². The third-order valence-corrected chi connectivity index (χ3v) is 4.80. The molecule has 1 saturated heterocycles. The number of hydrogen-bond acceptors (Lipinski definition) is 5. The fourth-order valence-electron chi connectivity index (χ4n) is 1.53. The molecule has 0 spiro atoms. The van der Waals surface area contributed by atoms with Crippen LogP contribution >= 0.6 is 7.60 Å². The second kappa shape index (κ2) is 5.24.